The zero-order chi connectivity index (χ0) is 28.7. The Morgan fingerprint density at radius 1 is 0.488 bits per heavy atom. The van der Waals surface area contributed by atoms with E-state index in [9.17, 15) is 28.8 Å². The van der Waals surface area contributed by atoms with Crippen LogP contribution in [0.15, 0.2) is 84.9 Å². The number of anilines is 2. The number of cyclic esters (lactones) is 4. The minimum atomic E-state index is -0.745. The molecule has 2 N–H and O–H groups in total. The fourth-order valence-electron chi connectivity index (χ4n) is 4.52. The third-order valence-corrected chi connectivity index (χ3v) is 6.65. The van der Waals surface area contributed by atoms with Gasteiger partial charge in [0.05, 0.1) is 22.3 Å². The summed E-state index contributed by atoms with van der Waals surface area (Å²) in [6.07, 6.45) is 0.561. The van der Waals surface area contributed by atoms with Crippen molar-refractivity contribution < 1.29 is 38.2 Å². The van der Waals surface area contributed by atoms with Crippen LogP contribution in [-0.2, 0) is 15.9 Å². The average molecular weight is 546 g/mol. The van der Waals surface area contributed by atoms with Crippen LogP contribution in [-0.4, -0.2) is 35.7 Å². The smallest absolute Gasteiger partial charge is 0.346 e. The Balaban J connectivity index is 1.06. The van der Waals surface area contributed by atoms with E-state index < -0.39 is 23.9 Å². The van der Waals surface area contributed by atoms with Gasteiger partial charge in [0.2, 0.25) is 0 Å². The minimum absolute atomic E-state index is 0.110. The number of nitrogens with one attached hydrogen (secondary N) is 2. The van der Waals surface area contributed by atoms with Crippen LogP contribution in [0.3, 0.4) is 0 Å². The van der Waals surface area contributed by atoms with Crippen molar-refractivity contribution in [2.45, 2.75) is 6.42 Å². The normalized spacial score (nSPS) is 13.3. The Hall–Kier alpha value is -5.90. The van der Waals surface area contributed by atoms with Crippen LogP contribution in [0, 0.1) is 0 Å². The first-order valence-electron chi connectivity index (χ1n) is 12.4. The molecule has 41 heavy (non-hydrogen) atoms. The molecular formula is C31H18N2O8. The van der Waals surface area contributed by atoms with E-state index in [1.807, 2.05) is 24.3 Å². The van der Waals surface area contributed by atoms with Gasteiger partial charge in [0, 0.05) is 22.5 Å². The van der Waals surface area contributed by atoms with Gasteiger partial charge in [-0.2, -0.15) is 0 Å². The van der Waals surface area contributed by atoms with Crippen LogP contribution < -0.4 is 10.6 Å². The average Bonchev–Trinajstić information content (AvgIpc) is 3.41. The molecule has 0 radical (unpaired) electrons. The highest BCUT2D eigenvalue weighted by molar-refractivity contribution is 6.16. The zero-order valence-corrected chi connectivity index (χ0v) is 21.1. The van der Waals surface area contributed by atoms with E-state index in [0.717, 1.165) is 11.1 Å². The Bertz CT molecular complexity index is 1670. The van der Waals surface area contributed by atoms with Crippen LogP contribution in [0.1, 0.15) is 73.3 Å². The lowest BCUT2D eigenvalue weighted by Crippen LogP contribution is -2.12. The fraction of sp³-hybridized carbons (Fsp3) is 0.0323. The zero-order valence-electron chi connectivity index (χ0n) is 21.1. The first-order valence-corrected chi connectivity index (χ1v) is 12.4. The number of carbonyl (C=O) groups is 6. The molecule has 0 fully saturated rings. The Morgan fingerprint density at radius 2 is 0.854 bits per heavy atom. The number of ether oxygens (including phenoxy) is 2. The predicted octanol–water partition coefficient (Wildman–Crippen LogP) is 4.40. The van der Waals surface area contributed by atoms with Gasteiger partial charge in [0.1, 0.15) is 0 Å². The fourth-order valence-corrected chi connectivity index (χ4v) is 4.52. The molecule has 0 saturated carbocycles. The van der Waals surface area contributed by atoms with Crippen molar-refractivity contribution in [2.75, 3.05) is 10.6 Å². The summed E-state index contributed by atoms with van der Waals surface area (Å²) in [5.41, 5.74) is 3.97. The Labute approximate surface area is 231 Å². The number of benzene rings is 4. The van der Waals surface area contributed by atoms with E-state index in [4.69, 9.17) is 0 Å². The maximum absolute atomic E-state index is 12.7. The van der Waals surface area contributed by atoms with Crippen molar-refractivity contribution in [1.29, 1.82) is 0 Å². The van der Waals surface area contributed by atoms with E-state index in [-0.39, 0.29) is 34.1 Å². The van der Waals surface area contributed by atoms with Crippen LogP contribution in [0.4, 0.5) is 11.4 Å². The Morgan fingerprint density at radius 3 is 1.24 bits per heavy atom. The summed E-state index contributed by atoms with van der Waals surface area (Å²) in [4.78, 5) is 72.0. The molecule has 0 aliphatic carbocycles. The molecule has 0 atom stereocenters. The lowest BCUT2D eigenvalue weighted by atomic mass is 10.0. The maximum atomic E-state index is 12.7. The van der Waals surface area contributed by atoms with Crippen LogP contribution in [0.2, 0.25) is 0 Å². The molecule has 4 aromatic rings. The largest absolute Gasteiger partial charge is 0.386 e. The molecule has 0 saturated heterocycles. The van der Waals surface area contributed by atoms with Gasteiger partial charge in [-0.3, -0.25) is 9.59 Å². The lowest BCUT2D eigenvalue weighted by Gasteiger charge is -2.08. The number of hydrogen-bond donors (Lipinski definition) is 2. The van der Waals surface area contributed by atoms with Crippen LogP contribution in [0.25, 0.3) is 0 Å². The summed E-state index contributed by atoms with van der Waals surface area (Å²) >= 11 is 0. The number of carbonyl (C=O) groups excluding carboxylic acids is 6. The van der Waals surface area contributed by atoms with Gasteiger partial charge in [-0.1, -0.05) is 24.3 Å². The molecule has 6 rings (SSSR count). The quantitative estimate of drug-likeness (QED) is 0.267. The monoisotopic (exact) mass is 546 g/mol. The van der Waals surface area contributed by atoms with Gasteiger partial charge in [-0.15, -0.1) is 0 Å². The van der Waals surface area contributed by atoms with Crippen molar-refractivity contribution in [2.24, 2.45) is 0 Å². The van der Waals surface area contributed by atoms with Crippen LogP contribution >= 0.6 is 0 Å². The van der Waals surface area contributed by atoms with Gasteiger partial charge in [-0.25, -0.2) is 19.2 Å². The molecule has 0 spiro atoms. The molecular weight excluding hydrogens is 528 g/mol. The van der Waals surface area contributed by atoms with E-state index in [2.05, 4.69) is 20.1 Å². The third kappa shape index (κ3) is 4.97. The summed E-state index contributed by atoms with van der Waals surface area (Å²) in [6.45, 7) is 0. The second-order valence-corrected chi connectivity index (χ2v) is 9.35. The molecule has 0 unspecified atom stereocenters. The number of hydrogen-bond acceptors (Lipinski definition) is 8. The topological polar surface area (TPSA) is 145 Å². The van der Waals surface area contributed by atoms with Gasteiger partial charge >= 0.3 is 23.9 Å². The van der Waals surface area contributed by atoms with Gasteiger partial charge < -0.3 is 20.1 Å². The highest BCUT2D eigenvalue weighted by Crippen LogP contribution is 2.25. The second-order valence-electron chi connectivity index (χ2n) is 9.35. The number of amides is 2. The standard InChI is InChI=1S/C31H18N2O8/c34-26(32-20-9-11-22-24(14-20)30(38)40-28(22)36)18-5-1-16(2-6-18)13-17-3-7-19(8-4-17)27(35)33-21-10-12-23-25(15-21)31(39)41-29(23)37/h1-12,14-15H,13H2,(H,32,34)(H,33,35). The van der Waals surface area contributed by atoms with Crippen molar-refractivity contribution >= 4 is 47.1 Å². The SMILES string of the molecule is O=C(Nc1ccc2c(c1)C(=O)OC2=O)c1ccc(Cc2ccc(C(=O)Nc3ccc4c(c3)C(=O)OC4=O)cc2)cc1. The summed E-state index contributed by atoms with van der Waals surface area (Å²) in [5.74, 6) is -3.66. The lowest BCUT2D eigenvalue weighted by molar-refractivity contribution is 0.0425. The first kappa shape index (κ1) is 25.4. The molecule has 200 valence electrons. The van der Waals surface area contributed by atoms with Crippen molar-refractivity contribution in [3.63, 3.8) is 0 Å². The van der Waals surface area contributed by atoms with Gasteiger partial charge in [-0.05, 0) is 78.2 Å². The molecule has 2 aliphatic heterocycles. The minimum Gasteiger partial charge on any atom is -0.386 e. The highest BCUT2D eigenvalue weighted by atomic mass is 16.6. The van der Waals surface area contributed by atoms with Crippen LogP contribution in [0.5, 0.6) is 0 Å². The second kappa shape index (κ2) is 10.0. The van der Waals surface area contributed by atoms with E-state index >= 15 is 0 Å². The van der Waals surface area contributed by atoms with E-state index in [0.29, 0.717) is 28.9 Å². The number of fused-ring (bicyclic) bond motifs is 2. The van der Waals surface area contributed by atoms with E-state index in [1.54, 1.807) is 24.3 Å². The molecule has 0 bridgehead atoms. The molecule has 2 amide bonds. The molecule has 4 aromatic carbocycles. The van der Waals surface area contributed by atoms with Crippen molar-refractivity contribution in [3.8, 4) is 0 Å². The molecule has 0 aromatic heterocycles. The van der Waals surface area contributed by atoms with Crippen molar-refractivity contribution in [3.05, 3.63) is 129 Å². The summed E-state index contributed by atoms with van der Waals surface area (Å²) in [5, 5.41) is 5.42. The van der Waals surface area contributed by atoms with Gasteiger partial charge in [0.25, 0.3) is 11.8 Å². The maximum Gasteiger partial charge on any atom is 0.346 e. The summed E-state index contributed by atoms with van der Waals surface area (Å²) in [7, 11) is 0. The van der Waals surface area contributed by atoms with E-state index in [1.165, 1.54) is 36.4 Å². The number of rotatable bonds is 6. The highest BCUT2D eigenvalue weighted by Gasteiger charge is 2.30. The molecule has 10 heteroatoms. The summed E-state index contributed by atoms with van der Waals surface area (Å²) < 4.78 is 9.13. The van der Waals surface area contributed by atoms with Gasteiger partial charge in [0.15, 0.2) is 0 Å². The van der Waals surface area contributed by atoms with Crippen molar-refractivity contribution in [1.82, 2.24) is 0 Å². The predicted molar refractivity (Wildman–Crippen MR) is 144 cm³/mol. The first-order chi connectivity index (χ1) is 19.7. The summed E-state index contributed by atoms with van der Waals surface area (Å²) in [6, 6.07) is 22.7. The third-order valence-electron chi connectivity index (χ3n) is 6.65. The number of esters is 4. The molecule has 10 nitrogen and oxygen atoms in total. The molecule has 2 aliphatic rings. The Kier molecular flexibility index (Phi) is 6.20. The molecule has 2 heterocycles.